The van der Waals surface area contributed by atoms with Gasteiger partial charge in [0.1, 0.15) is 13.6 Å². The quantitative estimate of drug-likeness (QED) is 0.419. The van der Waals surface area contributed by atoms with Crippen molar-refractivity contribution in [2.75, 3.05) is 0 Å². The topological polar surface area (TPSA) is 72.4 Å². The molecule has 0 aromatic heterocycles. The van der Waals surface area contributed by atoms with Crippen LogP contribution in [0.3, 0.4) is 0 Å². The van der Waals surface area contributed by atoms with Gasteiger partial charge in [0.2, 0.25) is 0 Å². The molecule has 0 N–H and O–H groups in total. The van der Waals surface area contributed by atoms with Crippen LogP contribution in [-0.4, -0.2) is 0 Å². The number of phosphoric acid groups is 1. The summed E-state index contributed by atoms with van der Waals surface area (Å²) in [6.45, 7) is 14.0. The Morgan fingerprint density at radius 1 is 0.909 bits per heavy atom. The minimum atomic E-state index is -5.06. The first-order valence-corrected chi connectivity index (χ1v) is 8.05. The number of aryl methyl sites for hydroxylation is 1. The van der Waals surface area contributed by atoms with E-state index < -0.39 is 7.82 Å². The summed E-state index contributed by atoms with van der Waals surface area (Å²) in [7, 11) is -5.06. The summed E-state index contributed by atoms with van der Waals surface area (Å²) in [6.07, 6.45) is 0. The second-order valence-electron chi connectivity index (χ2n) is 7.20. The van der Waals surface area contributed by atoms with Crippen molar-refractivity contribution in [2.45, 2.75) is 59.3 Å². The van der Waals surface area contributed by atoms with Crippen molar-refractivity contribution >= 4 is 7.82 Å². The van der Waals surface area contributed by atoms with E-state index >= 15 is 0 Å². The standard InChI is InChI=1S/C15H25O4P.2Na/c1-10-8-13(19-20(16,17)18)12(15(5,6)7)9-11(10)14(2,3)4;;/h8-9H,1-7H3,(H2,16,17,18);;/q;2*+1/p-2. The predicted octanol–water partition coefficient (Wildman–Crippen LogP) is -3.19. The van der Waals surface area contributed by atoms with Gasteiger partial charge in [0.15, 0.2) is 0 Å². The Morgan fingerprint density at radius 3 is 1.64 bits per heavy atom. The molecule has 1 aromatic carbocycles. The molecular weight excluding hydrogens is 321 g/mol. The zero-order valence-corrected chi connectivity index (χ0v) is 20.1. The molecule has 1 aromatic rings. The maximum atomic E-state index is 10.9. The zero-order valence-electron chi connectivity index (χ0n) is 15.2. The van der Waals surface area contributed by atoms with Crippen LogP contribution < -0.4 is 73.4 Å². The van der Waals surface area contributed by atoms with Gasteiger partial charge in [-0.2, -0.15) is 0 Å². The third-order valence-electron chi connectivity index (χ3n) is 3.15. The Morgan fingerprint density at radius 2 is 1.32 bits per heavy atom. The molecule has 0 saturated heterocycles. The summed E-state index contributed by atoms with van der Waals surface area (Å²) in [5.74, 6) is 0.135. The summed E-state index contributed by atoms with van der Waals surface area (Å²) in [5.41, 5.74) is 2.36. The van der Waals surface area contributed by atoms with Crippen LogP contribution in [0.2, 0.25) is 0 Å². The molecule has 0 atom stereocenters. The Balaban J connectivity index is 0. The molecule has 4 nitrogen and oxygen atoms in total. The van der Waals surface area contributed by atoms with Gasteiger partial charge in [-0.3, -0.25) is 0 Å². The summed E-state index contributed by atoms with van der Waals surface area (Å²) < 4.78 is 15.6. The molecule has 1 rings (SSSR count). The van der Waals surface area contributed by atoms with E-state index in [1.807, 2.05) is 33.8 Å². The van der Waals surface area contributed by atoms with E-state index in [1.165, 1.54) is 0 Å². The van der Waals surface area contributed by atoms with Gasteiger partial charge >= 0.3 is 59.1 Å². The fraction of sp³-hybridized carbons (Fsp3) is 0.600. The first-order chi connectivity index (χ1) is 8.72. The van der Waals surface area contributed by atoms with Crippen LogP contribution in [0, 0.1) is 6.92 Å². The van der Waals surface area contributed by atoms with Crippen LogP contribution in [0.25, 0.3) is 0 Å². The van der Waals surface area contributed by atoms with Crippen LogP contribution in [0.5, 0.6) is 5.75 Å². The Kier molecular flexibility index (Phi) is 9.83. The largest absolute Gasteiger partial charge is 1.00 e. The molecule has 22 heavy (non-hydrogen) atoms. The average Bonchev–Trinajstić information content (AvgIpc) is 2.09. The normalized spacial score (nSPS) is 12.2. The molecule has 114 valence electrons. The molecule has 0 bridgehead atoms. The second kappa shape index (κ2) is 8.51. The summed E-state index contributed by atoms with van der Waals surface area (Å²) >= 11 is 0. The Bertz CT molecular complexity index is 554. The van der Waals surface area contributed by atoms with Crippen molar-refractivity contribution in [1.29, 1.82) is 0 Å². The minimum absolute atomic E-state index is 0. The van der Waals surface area contributed by atoms with Gasteiger partial charge in [-0.1, -0.05) is 47.6 Å². The van der Waals surface area contributed by atoms with Crippen LogP contribution in [0.4, 0.5) is 0 Å². The van der Waals surface area contributed by atoms with E-state index in [0.717, 1.165) is 16.7 Å². The molecule has 0 saturated carbocycles. The molecule has 0 spiro atoms. The Hall–Kier alpha value is 1.17. The smallest absolute Gasteiger partial charge is 0.780 e. The molecule has 0 unspecified atom stereocenters. The molecule has 0 fully saturated rings. The second-order valence-corrected chi connectivity index (χ2v) is 8.28. The molecule has 0 amide bonds. The first-order valence-electron chi connectivity index (χ1n) is 6.59. The molecule has 7 heteroatoms. The maximum absolute atomic E-state index is 10.9. The van der Waals surface area contributed by atoms with E-state index in [4.69, 9.17) is 0 Å². The minimum Gasteiger partial charge on any atom is -0.780 e. The van der Waals surface area contributed by atoms with Gasteiger partial charge in [-0.15, -0.1) is 0 Å². The number of benzene rings is 1. The summed E-state index contributed by atoms with van der Waals surface area (Å²) in [6, 6.07) is 3.59. The van der Waals surface area contributed by atoms with Gasteiger partial charge in [0, 0.05) is 5.56 Å². The zero-order chi connectivity index (χ0) is 15.9. The van der Waals surface area contributed by atoms with Crippen LogP contribution in [0.15, 0.2) is 12.1 Å². The third kappa shape index (κ3) is 7.38. The molecule has 0 radical (unpaired) electrons. The number of hydrogen-bond donors (Lipinski definition) is 0. The van der Waals surface area contributed by atoms with Gasteiger partial charge in [-0.25, -0.2) is 0 Å². The first kappa shape index (κ1) is 25.4. The number of rotatable bonds is 2. The molecule has 0 aliphatic heterocycles. The average molecular weight is 344 g/mol. The molecule has 0 aliphatic carbocycles. The van der Waals surface area contributed by atoms with Gasteiger partial charge < -0.3 is 18.9 Å². The van der Waals surface area contributed by atoms with E-state index in [1.54, 1.807) is 6.07 Å². The summed E-state index contributed by atoms with van der Waals surface area (Å²) in [4.78, 5) is 21.8. The fourth-order valence-electron chi connectivity index (χ4n) is 2.27. The molecule has 0 aliphatic rings. The van der Waals surface area contributed by atoms with Crippen molar-refractivity contribution in [2.24, 2.45) is 0 Å². The predicted molar refractivity (Wildman–Crippen MR) is 76.8 cm³/mol. The number of phosphoric ester groups is 1. The van der Waals surface area contributed by atoms with Crippen molar-refractivity contribution < 1.29 is 78.0 Å². The monoisotopic (exact) mass is 344 g/mol. The van der Waals surface area contributed by atoms with E-state index in [0.29, 0.717) is 0 Å². The van der Waals surface area contributed by atoms with Crippen LogP contribution in [0.1, 0.15) is 58.2 Å². The Labute approximate surface area is 178 Å². The van der Waals surface area contributed by atoms with Gasteiger partial charge in [-0.05, 0) is 34.9 Å². The third-order valence-corrected chi connectivity index (χ3v) is 3.57. The van der Waals surface area contributed by atoms with Crippen LogP contribution in [-0.2, 0) is 15.4 Å². The van der Waals surface area contributed by atoms with Gasteiger partial charge in [0.25, 0.3) is 0 Å². The van der Waals surface area contributed by atoms with Crippen molar-refractivity contribution in [3.63, 3.8) is 0 Å². The fourth-order valence-corrected chi connectivity index (χ4v) is 2.66. The van der Waals surface area contributed by atoms with E-state index in [2.05, 4.69) is 25.3 Å². The molecular formula is C15H23Na2O4P. The van der Waals surface area contributed by atoms with Crippen molar-refractivity contribution in [1.82, 2.24) is 0 Å². The van der Waals surface area contributed by atoms with Crippen LogP contribution >= 0.6 is 7.82 Å². The number of hydrogen-bond acceptors (Lipinski definition) is 4. The molecule has 0 heterocycles. The van der Waals surface area contributed by atoms with Crippen molar-refractivity contribution in [3.8, 4) is 5.75 Å². The maximum Gasteiger partial charge on any atom is 1.00 e. The van der Waals surface area contributed by atoms with E-state index in [9.17, 15) is 14.4 Å². The van der Waals surface area contributed by atoms with E-state index in [-0.39, 0.29) is 75.7 Å². The van der Waals surface area contributed by atoms with Crippen molar-refractivity contribution in [3.05, 3.63) is 28.8 Å². The SMILES string of the molecule is Cc1cc(OP(=O)([O-])[O-])c(C(C)(C)C)cc1C(C)(C)C.[Na+].[Na+]. The van der Waals surface area contributed by atoms with Gasteiger partial charge in [0.05, 0.1) is 0 Å². The summed E-state index contributed by atoms with van der Waals surface area (Å²) in [5, 5.41) is 0.